The Labute approximate surface area is 380 Å². The largest absolute Gasteiger partial charge is 0.481 e. The summed E-state index contributed by atoms with van der Waals surface area (Å²) in [4.78, 5) is 25.7. The molecule has 0 aromatic rings. The zero-order valence-electron chi connectivity index (χ0n) is 38.7. The topological polar surface area (TPSA) is 292 Å². The molecule has 8 rings (SSSR count). The normalized spacial score (nSPS) is 52.8. The summed E-state index contributed by atoms with van der Waals surface area (Å²) >= 11 is 0. The molecule has 0 aromatic carbocycles. The lowest BCUT2D eigenvalue weighted by Crippen LogP contribution is -2.67. The molecule has 0 amide bonds. The van der Waals surface area contributed by atoms with Gasteiger partial charge in [-0.1, -0.05) is 60.1 Å². The van der Waals surface area contributed by atoms with Gasteiger partial charge >= 0.3 is 11.9 Å². The molecule has 22 atom stereocenters. The molecule has 65 heavy (non-hydrogen) atoms. The number of carboxylic acids is 2. The van der Waals surface area contributed by atoms with Crippen LogP contribution in [0.3, 0.4) is 0 Å². The van der Waals surface area contributed by atoms with Crippen molar-refractivity contribution in [3.05, 3.63) is 11.6 Å². The third-order valence-corrected chi connectivity index (χ3v) is 18.9. The Morgan fingerprint density at radius 3 is 1.97 bits per heavy atom. The molecule has 0 bridgehead atoms. The molecule has 7 fully saturated rings. The molecule has 3 aliphatic heterocycles. The van der Waals surface area contributed by atoms with Crippen molar-refractivity contribution < 1.29 is 89.1 Å². The molecule has 18 heteroatoms. The maximum absolute atomic E-state index is 13.1. The van der Waals surface area contributed by atoms with E-state index in [9.17, 15) is 60.7 Å². The summed E-state index contributed by atoms with van der Waals surface area (Å²) in [6.45, 7) is 14.7. The van der Waals surface area contributed by atoms with Crippen LogP contribution in [0.15, 0.2) is 11.6 Å². The lowest BCUT2D eigenvalue weighted by Gasteiger charge is -2.71. The number of carbonyl (C=O) groups is 2. The van der Waals surface area contributed by atoms with Crippen molar-refractivity contribution in [3.8, 4) is 0 Å². The molecule has 3 saturated heterocycles. The minimum atomic E-state index is -2.03. The molecular formula is C47H74O18. The summed E-state index contributed by atoms with van der Waals surface area (Å²) < 4.78 is 35.0. The Morgan fingerprint density at radius 1 is 0.692 bits per heavy atom. The van der Waals surface area contributed by atoms with Crippen LogP contribution < -0.4 is 0 Å². The first-order valence-corrected chi connectivity index (χ1v) is 23.7. The fourth-order valence-electron chi connectivity index (χ4n) is 14.9. The number of aliphatic hydroxyl groups is 8. The summed E-state index contributed by atoms with van der Waals surface area (Å²) in [7, 11) is 0. The van der Waals surface area contributed by atoms with Crippen molar-refractivity contribution in [1.82, 2.24) is 0 Å². The van der Waals surface area contributed by atoms with Crippen LogP contribution in [0.5, 0.6) is 0 Å². The van der Waals surface area contributed by atoms with E-state index < -0.39 is 128 Å². The number of aliphatic hydroxyl groups excluding tert-OH is 8. The van der Waals surface area contributed by atoms with Crippen LogP contribution in [-0.4, -0.2) is 168 Å². The van der Waals surface area contributed by atoms with Gasteiger partial charge < -0.3 is 79.5 Å². The number of carboxylic acid groups (broad SMARTS) is 2. The van der Waals surface area contributed by atoms with E-state index in [1.165, 1.54) is 5.57 Å². The molecule has 0 spiro atoms. The summed E-state index contributed by atoms with van der Waals surface area (Å²) in [5.41, 5.74) is -0.271. The van der Waals surface area contributed by atoms with Gasteiger partial charge in [-0.3, -0.25) is 4.79 Å². The smallest absolute Gasteiger partial charge is 0.335 e. The SMILES string of the molecule is CC1(C)CC[C@]2(C(=O)O)CC[C@]3(C)C(=CC[C@@H]4[C@@]5(C)CC[C@H](O[C@@H]6O[C@H](C(=O)O)[C@@H](O)[C@H](O[C@@H]7O[C@H](CO)[C@H](O)[C@H](O[C@@H]8OC[C@@H](O)[C@H](O)[C@H]8O)[C@H]7O)[C@H]6O)C(C)(C)[C@@H]5CC[C@]43C)[C@@H]2C1. The fraction of sp³-hybridized carbons (Fsp3) is 0.915. The molecule has 370 valence electrons. The van der Waals surface area contributed by atoms with E-state index in [0.717, 1.165) is 44.9 Å². The van der Waals surface area contributed by atoms with Gasteiger partial charge in [0.2, 0.25) is 0 Å². The Kier molecular flexibility index (Phi) is 13.1. The van der Waals surface area contributed by atoms with Gasteiger partial charge in [-0.15, -0.1) is 0 Å². The van der Waals surface area contributed by atoms with Gasteiger partial charge in [-0.25, -0.2) is 4.79 Å². The van der Waals surface area contributed by atoms with Crippen LogP contribution >= 0.6 is 0 Å². The number of hydrogen-bond donors (Lipinski definition) is 10. The van der Waals surface area contributed by atoms with Gasteiger partial charge in [0.05, 0.1) is 24.7 Å². The Bertz CT molecular complexity index is 1830. The second-order valence-corrected chi connectivity index (χ2v) is 23.1. The van der Waals surface area contributed by atoms with Gasteiger partial charge in [0.1, 0.15) is 61.0 Å². The third kappa shape index (κ3) is 7.76. The second-order valence-electron chi connectivity index (χ2n) is 23.1. The average Bonchev–Trinajstić information content (AvgIpc) is 3.23. The predicted octanol–water partition coefficient (Wildman–Crippen LogP) is 1.44. The quantitative estimate of drug-likeness (QED) is 0.116. The van der Waals surface area contributed by atoms with Crippen LogP contribution in [-0.2, 0) is 38.0 Å². The number of fused-ring (bicyclic) bond motifs is 7. The zero-order valence-corrected chi connectivity index (χ0v) is 38.7. The van der Waals surface area contributed by atoms with Crippen molar-refractivity contribution in [2.45, 2.75) is 205 Å². The van der Waals surface area contributed by atoms with Gasteiger partial charge in [0.25, 0.3) is 0 Å². The highest BCUT2D eigenvalue weighted by molar-refractivity contribution is 5.76. The van der Waals surface area contributed by atoms with Crippen molar-refractivity contribution in [2.24, 2.45) is 50.2 Å². The molecular weight excluding hydrogens is 852 g/mol. The molecule has 0 unspecified atom stereocenters. The second kappa shape index (κ2) is 17.2. The fourth-order valence-corrected chi connectivity index (χ4v) is 14.9. The van der Waals surface area contributed by atoms with E-state index in [-0.39, 0.29) is 39.4 Å². The maximum atomic E-state index is 13.1. The minimum absolute atomic E-state index is 0.00401. The molecule has 3 heterocycles. The molecule has 5 aliphatic carbocycles. The first-order chi connectivity index (χ1) is 30.3. The third-order valence-electron chi connectivity index (χ3n) is 18.9. The lowest BCUT2D eigenvalue weighted by molar-refractivity contribution is -0.379. The maximum Gasteiger partial charge on any atom is 0.335 e. The van der Waals surface area contributed by atoms with E-state index in [1.54, 1.807) is 0 Å². The van der Waals surface area contributed by atoms with E-state index >= 15 is 0 Å². The van der Waals surface area contributed by atoms with Crippen molar-refractivity contribution in [3.63, 3.8) is 0 Å². The van der Waals surface area contributed by atoms with Crippen molar-refractivity contribution in [1.29, 1.82) is 0 Å². The van der Waals surface area contributed by atoms with Gasteiger partial charge in [-0.2, -0.15) is 0 Å². The highest BCUT2D eigenvalue weighted by Crippen LogP contribution is 2.76. The predicted molar refractivity (Wildman–Crippen MR) is 225 cm³/mol. The van der Waals surface area contributed by atoms with Crippen LogP contribution in [0.25, 0.3) is 0 Å². The van der Waals surface area contributed by atoms with Crippen LogP contribution in [0.4, 0.5) is 0 Å². The Morgan fingerprint density at radius 2 is 1.32 bits per heavy atom. The van der Waals surface area contributed by atoms with Gasteiger partial charge in [0, 0.05) is 0 Å². The van der Waals surface area contributed by atoms with Crippen molar-refractivity contribution >= 4 is 11.9 Å². The first-order valence-electron chi connectivity index (χ1n) is 23.7. The summed E-state index contributed by atoms with van der Waals surface area (Å²) in [6.07, 6.45) is -14.9. The Balaban J connectivity index is 1.01. The number of ether oxygens (including phenoxy) is 6. The van der Waals surface area contributed by atoms with Crippen LogP contribution in [0, 0.1) is 50.2 Å². The van der Waals surface area contributed by atoms with E-state index in [1.807, 2.05) is 0 Å². The molecule has 0 radical (unpaired) electrons. The average molecular weight is 927 g/mol. The number of aliphatic carboxylic acids is 2. The van der Waals surface area contributed by atoms with Crippen LogP contribution in [0.2, 0.25) is 0 Å². The van der Waals surface area contributed by atoms with E-state index in [0.29, 0.717) is 19.3 Å². The number of hydrogen-bond acceptors (Lipinski definition) is 16. The van der Waals surface area contributed by atoms with Crippen LogP contribution in [0.1, 0.15) is 113 Å². The molecule has 18 nitrogen and oxygen atoms in total. The summed E-state index contributed by atoms with van der Waals surface area (Å²) in [5, 5.41) is 107. The number of rotatable bonds is 9. The monoisotopic (exact) mass is 926 g/mol. The number of allylic oxidation sites excluding steroid dienone is 2. The standard InChI is InChI=1S/C47H74O18/c1-42(2)14-16-47(41(58)59)17-15-45(6)21(22(47)18-42)8-9-26-44(5)12-11-27(43(3,4)25(44)10-13-46(26,45)7)62-40-33(55)35(31(53)36(65-40)37(56)57)64-39-32(54)34(29(51)24(19-48)61-39)63-38-30(52)28(50)23(49)20-60-38/h8,22-36,38-40,48-55H,9-20H2,1-7H3,(H,56,57)(H,58,59)/t22-,23+,24+,25-,26+,27-,28-,29-,30+,31-,32+,33+,34-,35-,36-,38-,39-,40+,44-,45+,46+,47-/m0/s1. The van der Waals surface area contributed by atoms with Crippen molar-refractivity contribution in [2.75, 3.05) is 13.2 Å². The van der Waals surface area contributed by atoms with Gasteiger partial charge in [-0.05, 0) is 109 Å². The Hall–Kier alpha value is -1.88. The molecule has 4 saturated carbocycles. The first kappa shape index (κ1) is 49.5. The molecule has 0 aromatic heterocycles. The molecule has 8 aliphatic rings. The highest BCUT2D eigenvalue weighted by Gasteiger charge is 2.70. The highest BCUT2D eigenvalue weighted by atomic mass is 16.8. The zero-order chi connectivity index (χ0) is 47.6. The lowest BCUT2D eigenvalue weighted by atomic mass is 9.33. The summed E-state index contributed by atoms with van der Waals surface area (Å²) in [5.74, 6) is -1.82. The van der Waals surface area contributed by atoms with E-state index in [4.69, 9.17) is 28.4 Å². The van der Waals surface area contributed by atoms with Gasteiger partial charge in [0.15, 0.2) is 25.0 Å². The molecule has 10 N–H and O–H groups in total. The summed E-state index contributed by atoms with van der Waals surface area (Å²) in [6, 6.07) is 0. The van der Waals surface area contributed by atoms with E-state index in [2.05, 4.69) is 54.5 Å². The minimum Gasteiger partial charge on any atom is -0.481 e.